The summed E-state index contributed by atoms with van der Waals surface area (Å²) in [5.74, 6) is -0.652. The first-order valence-corrected chi connectivity index (χ1v) is 8.90. The van der Waals surface area contributed by atoms with Crippen molar-refractivity contribution in [3.05, 3.63) is 83.6 Å². The average Bonchev–Trinajstić information content (AvgIpc) is 3.03. The van der Waals surface area contributed by atoms with Crippen molar-refractivity contribution in [2.45, 2.75) is 32.5 Å². The lowest BCUT2D eigenvalue weighted by Gasteiger charge is -2.36. The average molecular weight is 346 g/mol. The van der Waals surface area contributed by atoms with Crippen LogP contribution >= 0.6 is 0 Å². The number of imide groups is 1. The maximum absolute atomic E-state index is 13.1. The third kappa shape index (κ3) is 2.62. The molecule has 1 saturated heterocycles. The Labute approximate surface area is 153 Å². The van der Waals surface area contributed by atoms with E-state index in [0.717, 1.165) is 5.56 Å². The largest absolute Gasteiger partial charge is 0.366 e. The number of amides is 2. The number of carbonyl (C=O) groups excluding carboxylic acids is 2. The van der Waals surface area contributed by atoms with Crippen LogP contribution in [0.25, 0.3) is 0 Å². The van der Waals surface area contributed by atoms with E-state index in [-0.39, 0.29) is 11.8 Å². The summed E-state index contributed by atoms with van der Waals surface area (Å²) in [4.78, 5) is 29.5. The number of fused-ring (bicyclic) bond motifs is 1. The second kappa shape index (κ2) is 6.13. The fraction of sp³-hybridized carbons (Fsp3) is 0.273. The molecule has 0 N–H and O–H groups in total. The molecule has 1 atom stereocenters. The smallest absolute Gasteiger partial charge is 0.259 e. The van der Waals surface area contributed by atoms with Crippen LogP contribution in [0.3, 0.4) is 0 Å². The van der Waals surface area contributed by atoms with E-state index in [1.165, 1.54) is 10.5 Å². The van der Waals surface area contributed by atoms with Crippen LogP contribution in [0.2, 0.25) is 0 Å². The van der Waals surface area contributed by atoms with Crippen LogP contribution in [0, 0.1) is 5.92 Å². The molecule has 26 heavy (non-hydrogen) atoms. The number of nitrogens with zero attached hydrogens (tertiary/aromatic N) is 2. The summed E-state index contributed by atoms with van der Waals surface area (Å²) in [5.41, 5.74) is 2.32. The molecular formula is C22H22N2O2. The lowest BCUT2D eigenvalue weighted by atomic mass is 9.85. The van der Waals surface area contributed by atoms with E-state index in [0.29, 0.717) is 18.7 Å². The highest BCUT2D eigenvalue weighted by Gasteiger charge is 2.56. The van der Waals surface area contributed by atoms with Gasteiger partial charge in [0.15, 0.2) is 0 Å². The zero-order chi connectivity index (χ0) is 18.3. The fourth-order valence-electron chi connectivity index (χ4n) is 3.93. The second-order valence-corrected chi connectivity index (χ2v) is 7.50. The van der Waals surface area contributed by atoms with Crippen molar-refractivity contribution in [2.24, 2.45) is 5.92 Å². The lowest BCUT2D eigenvalue weighted by Crippen LogP contribution is -2.46. The summed E-state index contributed by atoms with van der Waals surface area (Å²) in [7, 11) is 0. The van der Waals surface area contributed by atoms with Gasteiger partial charge in [0.05, 0.1) is 18.0 Å². The molecule has 0 bridgehead atoms. The molecule has 0 aromatic heterocycles. The molecule has 0 saturated carbocycles. The standard InChI is InChI=1S/C22H22N2O2/c1-22(2)19-18(15-23(22)13-16-9-5-3-6-10-16)20(25)24(21(19)26)14-17-11-7-4-8-12-17/h3-12,15,19H,13-14H2,1-2H3. The molecule has 0 radical (unpaired) electrons. The third-order valence-corrected chi connectivity index (χ3v) is 5.44. The van der Waals surface area contributed by atoms with E-state index in [9.17, 15) is 9.59 Å². The highest BCUT2D eigenvalue weighted by atomic mass is 16.2. The van der Waals surface area contributed by atoms with Gasteiger partial charge in [-0.25, -0.2) is 0 Å². The van der Waals surface area contributed by atoms with E-state index in [2.05, 4.69) is 17.0 Å². The Morgan fingerprint density at radius 1 is 0.846 bits per heavy atom. The van der Waals surface area contributed by atoms with Gasteiger partial charge in [-0.1, -0.05) is 60.7 Å². The van der Waals surface area contributed by atoms with Gasteiger partial charge >= 0.3 is 0 Å². The van der Waals surface area contributed by atoms with Gasteiger partial charge < -0.3 is 4.90 Å². The van der Waals surface area contributed by atoms with Crippen molar-refractivity contribution < 1.29 is 9.59 Å². The molecule has 2 aliphatic rings. The number of likely N-dealkylation sites (tertiary alicyclic amines) is 1. The van der Waals surface area contributed by atoms with Crippen LogP contribution in [-0.4, -0.2) is 27.2 Å². The molecule has 2 aliphatic heterocycles. The Morgan fingerprint density at radius 3 is 1.92 bits per heavy atom. The Hall–Kier alpha value is -2.88. The number of carbonyl (C=O) groups is 2. The molecule has 2 aromatic rings. The number of rotatable bonds is 4. The van der Waals surface area contributed by atoms with Crippen LogP contribution in [0.4, 0.5) is 0 Å². The van der Waals surface area contributed by atoms with E-state index >= 15 is 0 Å². The normalized spacial score (nSPS) is 21.2. The van der Waals surface area contributed by atoms with E-state index in [4.69, 9.17) is 0 Å². The number of hydrogen-bond donors (Lipinski definition) is 0. The Morgan fingerprint density at radius 2 is 1.38 bits per heavy atom. The van der Waals surface area contributed by atoms with Gasteiger partial charge in [0.2, 0.25) is 5.91 Å². The van der Waals surface area contributed by atoms with E-state index in [1.807, 2.05) is 68.6 Å². The Bertz CT molecular complexity index is 872. The quantitative estimate of drug-likeness (QED) is 0.797. The van der Waals surface area contributed by atoms with Crippen molar-refractivity contribution in [1.29, 1.82) is 0 Å². The summed E-state index contributed by atoms with van der Waals surface area (Å²) in [5, 5.41) is 0. The van der Waals surface area contributed by atoms with Crippen LogP contribution < -0.4 is 0 Å². The van der Waals surface area contributed by atoms with Crippen molar-refractivity contribution in [2.75, 3.05) is 0 Å². The van der Waals surface area contributed by atoms with Gasteiger partial charge in [-0.3, -0.25) is 14.5 Å². The van der Waals surface area contributed by atoms with Gasteiger partial charge in [-0.15, -0.1) is 0 Å². The fourth-order valence-corrected chi connectivity index (χ4v) is 3.93. The first kappa shape index (κ1) is 16.6. The van der Waals surface area contributed by atoms with Crippen molar-refractivity contribution in [3.63, 3.8) is 0 Å². The zero-order valence-electron chi connectivity index (χ0n) is 15.1. The maximum atomic E-state index is 13.1. The zero-order valence-corrected chi connectivity index (χ0v) is 15.1. The topological polar surface area (TPSA) is 40.6 Å². The van der Waals surface area contributed by atoms with Gasteiger partial charge in [0.1, 0.15) is 0 Å². The van der Waals surface area contributed by atoms with Gasteiger partial charge in [-0.05, 0) is 25.0 Å². The van der Waals surface area contributed by atoms with Gasteiger partial charge in [-0.2, -0.15) is 0 Å². The monoisotopic (exact) mass is 346 g/mol. The molecule has 132 valence electrons. The van der Waals surface area contributed by atoms with Crippen LogP contribution in [0.5, 0.6) is 0 Å². The number of hydrogen-bond acceptors (Lipinski definition) is 3. The summed E-state index contributed by atoms with van der Waals surface area (Å²) in [6.07, 6.45) is 1.89. The highest BCUT2D eigenvalue weighted by Crippen LogP contribution is 2.44. The minimum Gasteiger partial charge on any atom is -0.366 e. The summed E-state index contributed by atoms with van der Waals surface area (Å²) < 4.78 is 0. The Balaban J connectivity index is 1.60. The lowest BCUT2D eigenvalue weighted by molar-refractivity contribution is -0.141. The molecule has 0 spiro atoms. The van der Waals surface area contributed by atoms with Crippen molar-refractivity contribution in [1.82, 2.24) is 9.80 Å². The molecule has 2 amide bonds. The van der Waals surface area contributed by atoms with Gasteiger partial charge in [0, 0.05) is 18.3 Å². The third-order valence-electron chi connectivity index (χ3n) is 5.44. The SMILES string of the molecule is CC1(C)C2C(=O)N(Cc3ccccc3)C(=O)C2=CN1Cc1ccccc1. The maximum Gasteiger partial charge on any atom is 0.259 e. The molecule has 4 nitrogen and oxygen atoms in total. The molecule has 1 unspecified atom stereocenters. The van der Waals surface area contributed by atoms with E-state index in [1.54, 1.807) is 0 Å². The highest BCUT2D eigenvalue weighted by molar-refractivity contribution is 6.15. The van der Waals surface area contributed by atoms with Crippen LogP contribution in [-0.2, 0) is 22.7 Å². The van der Waals surface area contributed by atoms with Gasteiger partial charge in [0.25, 0.3) is 5.91 Å². The predicted molar refractivity (Wildman–Crippen MR) is 99.6 cm³/mol. The van der Waals surface area contributed by atoms with Crippen LogP contribution in [0.15, 0.2) is 72.4 Å². The first-order valence-electron chi connectivity index (χ1n) is 8.90. The predicted octanol–water partition coefficient (Wildman–Crippen LogP) is 3.35. The summed E-state index contributed by atoms with van der Waals surface area (Å²) in [6, 6.07) is 19.8. The molecule has 4 heteroatoms. The summed E-state index contributed by atoms with van der Waals surface area (Å²) >= 11 is 0. The molecule has 0 aliphatic carbocycles. The second-order valence-electron chi connectivity index (χ2n) is 7.50. The van der Waals surface area contributed by atoms with Crippen molar-refractivity contribution >= 4 is 11.8 Å². The minimum atomic E-state index is -0.427. The molecule has 2 heterocycles. The van der Waals surface area contributed by atoms with Crippen LogP contribution in [0.1, 0.15) is 25.0 Å². The van der Waals surface area contributed by atoms with Crippen molar-refractivity contribution in [3.8, 4) is 0 Å². The van der Waals surface area contributed by atoms with E-state index < -0.39 is 11.5 Å². The Kier molecular flexibility index (Phi) is 3.91. The molecule has 1 fully saturated rings. The molecule has 4 rings (SSSR count). The summed E-state index contributed by atoms with van der Waals surface area (Å²) in [6.45, 7) is 5.11. The first-order chi connectivity index (χ1) is 12.5. The molecular weight excluding hydrogens is 324 g/mol. The minimum absolute atomic E-state index is 0.0920. The number of benzene rings is 2. The molecule has 2 aromatic carbocycles.